The van der Waals surface area contributed by atoms with E-state index in [1.54, 1.807) is 12.1 Å². The summed E-state index contributed by atoms with van der Waals surface area (Å²) in [5, 5.41) is 13.1. The molecule has 0 bridgehead atoms. The minimum atomic E-state index is -0.860. The van der Waals surface area contributed by atoms with Gasteiger partial charge in [0.15, 0.2) is 11.5 Å². The van der Waals surface area contributed by atoms with Crippen molar-refractivity contribution in [1.82, 2.24) is 5.32 Å². The van der Waals surface area contributed by atoms with Crippen LogP contribution < -0.4 is 14.8 Å². The van der Waals surface area contributed by atoms with Crippen molar-refractivity contribution in [2.24, 2.45) is 0 Å². The second-order valence-corrected chi connectivity index (χ2v) is 7.87. The highest BCUT2D eigenvalue weighted by Crippen LogP contribution is 2.42. The van der Waals surface area contributed by atoms with Crippen molar-refractivity contribution in [2.75, 3.05) is 12.4 Å². The van der Waals surface area contributed by atoms with Gasteiger partial charge in [-0.2, -0.15) is 0 Å². The van der Waals surface area contributed by atoms with Gasteiger partial charge in [0.1, 0.15) is 12.6 Å². The number of ether oxygens (including phenoxy) is 2. The molecule has 5 nitrogen and oxygen atoms in total. The Kier molecular flexibility index (Phi) is 6.76. The smallest absolute Gasteiger partial charge is 0.321 e. The molecule has 0 aromatic heterocycles. The number of thioether (sulfide) groups is 1. The van der Waals surface area contributed by atoms with Gasteiger partial charge in [0.2, 0.25) is 0 Å². The van der Waals surface area contributed by atoms with Gasteiger partial charge in [0.25, 0.3) is 0 Å². The molecule has 2 atom stereocenters. The number of aliphatic carboxylic acids is 1. The number of benzene rings is 2. The van der Waals surface area contributed by atoms with Crippen molar-refractivity contribution >= 4 is 40.9 Å². The Balaban J connectivity index is 1.82. The average Bonchev–Trinajstić information content (AvgIpc) is 3.13. The van der Waals surface area contributed by atoms with Crippen LogP contribution in [0.2, 0.25) is 10.0 Å². The summed E-state index contributed by atoms with van der Waals surface area (Å²) < 4.78 is 11.6. The molecule has 0 amide bonds. The fourth-order valence-corrected chi connectivity index (χ4v) is 4.39. The monoisotopic (exact) mass is 427 g/mol. The molecule has 144 valence electrons. The summed E-state index contributed by atoms with van der Waals surface area (Å²) in [5.41, 5.74) is 1.70. The summed E-state index contributed by atoms with van der Waals surface area (Å²) >= 11 is 14.2. The van der Waals surface area contributed by atoms with Crippen LogP contribution in [0.4, 0.5) is 0 Å². The lowest BCUT2D eigenvalue weighted by atomic mass is 10.1. The van der Waals surface area contributed by atoms with Crippen LogP contribution in [-0.4, -0.2) is 29.5 Å². The predicted molar refractivity (Wildman–Crippen MR) is 108 cm³/mol. The van der Waals surface area contributed by atoms with E-state index in [4.69, 9.17) is 37.8 Å². The number of carbonyl (C=O) groups is 1. The van der Waals surface area contributed by atoms with Gasteiger partial charge in [-0.15, -0.1) is 11.8 Å². The molecule has 2 unspecified atom stereocenters. The van der Waals surface area contributed by atoms with Crippen LogP contribution in [0.3, 0.4) is 0 Å². The Hall–Kier alpha value is -1.60. The lowest BCUT2D eigenvalue weighted by Gasteiger charge is -2.18. The van der Waals surface area contributed by atoms with Crippen molar-refractivity contribution in [2.45, 2.75) is 24.9 Å². The largest absolute Gasteiger partial charge is 0.490 e. The summed E-state index contributed by atoms with van der Waals surface area (Å²) in [6.45, 7) is 2.59. The van der Waals surface area contributed by atoms with E-state index in [9.17, 15) is 4.79 Å². The van der Waals surface area contributed by atoms with Gasteiger partial charge in [-0.3, -0.25) is 10.1 Å². The van der Waals surface area contributed by atoms with E-state index < -0.39 is 12.0 Å². The molecule has 1 fully saturated rings. The van der Waals surface area contributed by atoms with Crippen LogP contribution in [0.15, 0.2) is 36.4 Å². The highest BCUT2D eigenvalue weighted by atomic mass is 35.5. The zero-order valence-electron chi connectivity index (χ0n) is 14.6. The number of nitrogens with one attached hydrogen (secondary N) is 1. The van der Waals surface area contributed by atoms with Crippen molar-refractivity contribution in [1.29, 1.82) is 0 Å². The first-order valence-corrected chi connectivity index (χ1v) is 10.2. The van der Waals surface area contributed by atoms with Crippen LogP contribution in [0.5, 0.6) is 11.5 Å². The molecule has 0 saturated carbocycles. The first-order valence-electron chi connectivity index (χ1n) is 8.42. The van der Waals surface area contributed by atoms with Crippen LogP contribution in [0.1, 0.15) is 23.4 Å². The molecular formula is C19H19Cl2NO4S. The lowest BCUT2D eigenvalue weighted by Crippen LogP contribution is -2.33. The molecule has 1 heterocycles. The van der Waals surface area contributed by atoms with Crippen molar-refractivity contribution in [3.05, 3.63) is 57.6 Å². The number of carboxylic acid groups (broad SMARTS) is 1. The summed E-state index contributed by atoms with van der Waals surface area (Å²) in [6, 6.07) is 10.5. The highest BCUT2D eigenvalue weighted by molar-refractivity contribution is 7.99. The van der Waals surface area contributed by atoms with Crippen molar-refractivity contribution in [3.8, 4) is 11.5 Å². The average molecular weight is 428 g/mol. The predicted octanol–water partition coefficient (Wildman–Crippen LogP) is 4.76. The molecule has 8 heteroatoms. The van der Waals surface area contributed by atoms with E-state index in [0.29, 0.717) is 33.9 Å². The van der Waals surface area contributed by atoms with Crippen LogP contribution in [-0.2, 0) is 11.4 Å². The summed E-state index contributed by atoms with van der Waals surface area (Å²) in [6.07, 6.45) is 0. The Morgan fingerprint density at radius 3 is 2.70 bits per heavy atom. The Bertz CT molecular complexity index is 833. The number of hydrogen-bond donors (Lipinski definition) is 2. The zero-order chi connectivity index (χ0) is 19.4. The molecule has 0 spiro atoms. The normalized spacial score (nSPS) is 19.1. The third-order valence-corrected chi connectivity index (χ3v) is 5.96. The number of carboxylic acids is 1. The Labute approximate surface area is 171 Å². The van der Waals surface area contributed by atoms with Crippen LogP contribution in [0.25, 0.3) is 0 Å². The van der Waals surface area contributed by atoms with Gasteiger partial charge in [-0.1, -0.05) is 41.4 Å². The first-order chi connectivity index (χ1) is 13.0. The van der Waals surface area contributed by atoms with Crippen LogP contribution >= 0.6 is 35.0 Å². The summed E-state index contributed by atoms with van der Waals surface area (Å²) in [7, 11) is 0. The van der Waals surface area contributed by atoms with Crippen molar-refractivity contribution < 1.29 is 19.4 Å². The van der Waals surface area contributed by atoms with Gasteiger partial charge in [0.05, 0.1) is 17.0 Å². The summed E-state index contributed by atoms with van der Waals surface area (Å²) in [4.78, 5) is 11.2. The SMILES string of the molecule is CCOc1cc(C2NC(C(=O)O)CS2)cc(Cl)c1OCc1ccccc1Cl. The number of rotatable bonds is 7. The minimum absolute atomic E-state index is 0.166. The molecule has 0 aliphatic carbocycles. The number of hydrogen-bond acceptors (Lipinski definition) is 5. The highest BCUT2D eigenvalue weighted by Gasteiger charge is 2.31. The second-order valence-electron chi connectivity index (χ2n) is 5.91. The molecule has 2 N–H and O–H groups in total. The maximum atomic E-state index is 11.2. The lowest BCUT2D eigenvalue weighted by molar-refractivity contribution is -0.138. The maximum absolute atomic E-state index is 11.2. The minimum Gasteiger partial charge on any atom is -0.490 e. The zero-order valence-corrected chi connectivity index (χ0v) is 16.9. The van der Waals surface area contributed by atoms with Gasteiger partial charge >= 0.3 is 5.97 Å². The Morgan fingerprint density at radius 2 is 2.04 bits per heavy atom. The molecule has 3 rings (SSSR count). The third kappa shape index (κ3) is 4.82. The second kappa shape index (κ2) is 9.06. The van der Waals surface area contributed by atoms with Gasteiger partial charge < -0.3 is 14.6 Å². The standard InChI is InChI=1S/C19H19Cl2NO4S/c1-2-25-16-8-12(18-22-15(10-27-18)19(23)24)7-14(21)17(16)26-9-11-5-3-4-6-13(11)20/h3-8,15,18,22H,2,9-10H2,1H3,(H,23,24). The van der Waals surface area contributed by atoms with E-state index in [0.717, 1.165) is 11.1 Å². The molecule has 1 aliphatic rings. The Morgan fingerprint density at radius 1 is 1.26 bits per heavy atom. The fourth-order valence-electron chi connectivity index (χ4n) is 2.71. The molecule has 27 heavy (non-hydrogen) atoms. The maximum Gasteiger partial charge on any atom is 0.321 e. The number of halogens is 2. The molecule has 1 aliphatic heterocycles. The van der Waals surface area contributed by atoms with Crippen molar-refractivity contribution in [3.63, 3.8) is 0 Å². The van der Waals surface area contributed by atoms with E-state index in [-0.39, 0.29) is 12.0 Å². The molecule has 0 radical (unpaired) electrons. The van der Waals surface area contributed by atoms with Crippen LogP contribution in [0, 0.1) is 0 Å². The molecule has 1 saturated heterocycles. The van der Waals surface area contributed by atoms with E-state index in [1.165, 1.54) is 11.8 Å². The van der Waals surface area contributed by atoms with Gasteiger partial charge in [-0.05, 0) is 30.7 Å². The van der Waals surface area contributed by atoms with E-state index in [2.05, 4.69) is 5.32 Å². The molecular weight excluding hydrogens is 409 g/mol. The first kappa shape index (κ1) is 20.1. The quantitative estimate of drug-likeness (QED) is 0.663. The van der Waals surface area contributed by atoms with Gasteiger partial charge in [-0.25, -0.2) is 0 Å². The topological polar surface area (TPSA) is 67.8 Å². The van der Waals surface area contributed by atoms with Gasteiger partial charge in [0, 0.05) is 16.3 Å². The molecule has 2 aromatic carbocycles. The molecule has 2 aromatic rings. The third-order valence-electron chi connectivity index (χ3n) is 4.04. The van der Waals surface area contributed by atoms with E-state index >= 15 is 0 Å². The fraction of sp³-hybridized carbons (Fsp3) is 0.316. The summed E-state index contributed by atoms with van der Waals surface area (Å²) in [5.74, 6) is 0.598. The van der Waals surface area contributed by atoms with E-state index in [1.807, 2.05) is 31.2 Å².